The van der Waals surface area contributed by atoms with Gasteiger partial charge in [-0.15, -0.1) is 12.4 Å². The van der Waals surface area contributed by atoms with Gasteiger partial charge in [-0.3, -0.25) is 4.79 Å². The highest BCUT2D eigenvalue weighted by molar-refractivity contribution is 5.96. The molecule has 136 valence electrons. The second-order valence-electron chi connectivity index (χ2n) is 6.74. The Morgan fingerprint density at radius 1 is 1.20 bits per heavy atom. The molecule has 2 N–H and O–H groups in total. The minimum absolute atomic E-state index is 0. The second kappa shape index (κ2) is 8.54. The third kappa shape index (κ3) is 4.07. The predicted molar refractivity (Wildman–Crippen MR) is 104 cm³/mol. The van der Waals surface area contributed by atoms with Crippen LogP contribution < -0.4 is 5.73 Å². The van der Waals surface area contributed by atoms with Crippen LogP contribution in [0.15, 0.2) is 36.4 Å². The molecule has 2 aromatic rings. The van der Waals surface area contributed by atoms with E-state index >= 15 is 0 Å². The highest BCUT2D eigenvalue weighted by Crippen LogP contribution is 2.23. The van der Waals surface area contributed by atoms with Gasteiger partial charge in [0.25, 0.3) is 5.91 Å². The van der Waals surface area contributed by atoms with E-state index in [1.54, 1.807) is 0 Å². The Bertz CT molecular complexity index is 711. The van der Waals surface area contributed by atoms with Gasteiger partial charge >= 0.3 is 0 Å². The molecule has 0 saturated carbocycles. The highest BCUT2D eigenvalue weighted by Gasteiger charge is 2.28. The van der Waals surface area contributed by atoms with Crippen LogP contribution in [0.1, 0.15) is 46.6 Å². The van der Waals surface area contributed by atoms with Crippen LogP contribution in [-0.2, 0) is 6.54 Å². The molecule has 1 aliphatic rings. The van der Waals surface area contributed by atoms with E-state index in [2.05, 4.69) is 35.8 Å². The summed E-state index contributed by atoms with van der Waals surface area (Å²) >= 11 is 0. The molecular weight excluding hydrogens is 334 g/mol. The average molecular weight is 362 g/mol. The van der Waals surface area contributed by atoms with Crippen molar-refractivity contribution in [2.24, 2.45) is 5.73 Å². The zero-order valence-electron chi connectivity index (χ0n) is 15.1. The minimum Gasteiger partial charge on any atom is -0.344 e. The molecule has 3 rings (SSSR count). The number of hydrogen-bond acceptors (Lipinski definition) is 2. The number of aromatic nitrogens is 1. The monoisotopic (exact) mass is 361 g/mol. The van der Waals surface area contributed by atoms with Gasteiger partial charge < -0.3 is 15.2 Å². The normalized spacial score (nSPS) is 17.2. The summed E-state index contributed by atoms with van der Waals surface area (Å²) in [5, 5.41) is 0. The molecule has 25 heavy (non-hydrogen) atoms. The molecule has 1 fully saturated rings. The molecule has 1 unspecified atom stereocenters. The quantitative estimate of drug-likeness (QED) is 0.905. The van der Waals surface area contributed by atoms with Crippen molar-refractivity contribution in [3.63, 3.8) is 0 Å². The molecular formula is C20H28ClN3O. The molecule has 1 saturated heterocycles. The Balaban J connectivity index is 0.00000225. The Morgan fingerprint density at radius 2 is 1.92 bits per heavy atom. The molecule has 5 heteroatoms. The molecule has 0 bridgehead atoms. The maximum absolute atomic E-state index is 13.1. The average Bonchev–Trinajstić information content (AvgIpc) is 2.90. The summed E-state index contributed by atoms with van der Waals surface area (Å²) in [6.45, 7) is 6.29. The van der Waals surface area contributed by atoms with E-state index in [-0.39, 0.29) is 24.4 Å². The highest BCUT2D eigenvalue weighted by atomic mass is 35.5. The van der Waals surface area contributed by atoms with Gasteiger partial charge in [0, 0.05) is 37.1 Å². The molecule has 1 amide bonds. The van der Waals surface area contributed by atoms with Crippen molar-refractivity contribution < 1.29 is 4.79 Å². The number of amides is 1. The van der Waals surface area contributed by atoms with Crippen LogP contribution >= 0.6 is 12.4 Å². The van der Waals surface area contributed by atoms with Crippen LogP contribution in [0.5, 0.6) is 0 Å². The first-order valence-electron chi connectivity index (χ1n) is 8.83. The smallest absolute Gasteiger partial charge is 0.255 e. The summed E-state index contributed by atoms with van der Waals surface area (Å²) in [4.78, 5) is 15.0. The molecule has 0 spiro atoms. The maximum atomic E-state index is 13.1. The van der Waals surface area contributed by atoms with Crippen molar-refractivity contribution in [3.8, 4) is 0 Å². The number of carbonyl (C=O) groups is 1. The topological polar surface area (TPSA) is 51.3 Å². The molecule has 4 nitrogen and oxygen atoms in total. The summed E-state index contributed by atoms with van der Waals surface area (Å²) in [6, 6.07) is 12.6. The Hall–Kier alpha value is -1.78. The first-order chi connectivity index (χ1) is 11.6. The zero-order chi connectivity index (χ0) is 17.1. The number of halogens is 1. The number of hydrogen-bond donors (Lipinski definition) is 1. The van der Waals surface area contributed by atoms with E-state index in [9.17, 15) is 4.79 Å². The summed E-state index contributed by atoms with van der Waals surface area (Å²) in [5.41, 5.74) is 10.1. The number of nitrogens with two attached hydrogens (primary N) is 1. The van der Waals surface area contributed by atoms with Gasteiger partial charge in [0.2, 0.25) is 0 Å². The fourth-order valence-corrected chi connectivity index (χ4v) is 3.69. The van der Waals surface area contributed by atoms with Crippen LogP contribution in [0.2, 0.25) is 0 Å². The lowest BCUT2D eigenvalue weighted by atomic mass is 10.0. The first kappa shape index (κ1) is 19.5. The van der Waals surface area contributed by atoms with E-state index in [4.69, 9.17) is 5.73 Å². The number of benzene rings is 1. The van der Waals surface area contributed by atoms with Crippen LogP contribution in [0, 0.1) is 13.8 Å². The number of nitrogens with zero attached hydrogens (tertiary/aromatic N) is 2. The van der Waals surface area contributed by atoms with Crippen LogP contribution in [0.25, 0.3) is 0 Å². The van der Waals surface area contributed by atoms with E-state index in [0.717, 1.165) is 42.9 Å². The lowest BCUT2D eigenvalue weighted by Crippen LogP contribution is -2.47. The van der Waals surface area contributed by atoms with Gasteiger partial charge in [-0.2, -0.15) is 0 Å². The van der Waals surface area contributed by atoms with E-state index in [1.165, 1.54) is 12.0 Å². The molecule has 1 aromatic heterocycles. The van der Waals surface area contributed by atoms with Gasteiger partial charge in [0.1, 0.15) is 0 Å². The molecule has 0 radical (unpaired) electrons. The Morgan fingerprint density at radius 3 is 2.60 bits per heavy atom. The molecule has 1 aromatic carbocycles. The molecule has 1 aliphatic heterocycles. The van der Waals surface area contributed by atoms with Crippen molar-refractivity contribution in [1.82, 2.24) is 9.47 Å². The molecule has 2 heterocycles. The largest absolute Gasteiger partial charge is 0.344 e. The number of aryl methyl sites for hydroxylation is 1. The lowest BCUT2D eigenvalue weighted by molar-refractivity contribution is 0.0622. The van der Waals surface area contributed by atoms with Gasteiger partial charge in [-0.1, -0.05) is 30.3 Å². The van der Waals surface area contributed by atoms with Crippen molar-refractivity contribution in [2.45, 2.75) is 45.7 Å². The van der Waals surface area contributed by atoms with E-state index in [0.29, 0.717) is 6.54 Å². The summed E-state index contributed by atoms with van der Waals surface area (Å²) in [5.74, 6) is 0.137. The zero-order valence-corrected chi connectivity index (χ0v) is 15.9. The van der Waals surface area contributed by atoms with E-state index in [1.807, 2.05) is 24.0 Å². The van der Waals surface area contributed by atoms with Gasteiger partial charge in [0.15, 0.2) is 0 Å². The predicted octanol–water partition coefficient (Wildman–Crippen LogP) is 3.53. The third-order valence-corrected chi connectivity index (χ3v) is 5.15. The summed E-state index contributed by atoms with van der Waals surface area (Å²) < 4.78 is 2.23. The fourth-order valence-electron chi connectivity index (χ4n) is 3.69. The van der Waals surface area contributed by atoms with Crippen LogP contribution in [0.3, 0.4) is 0 Å². The van der Waals surface area contributed by atoms with Gasteiger partial charge in [0.05, 0.1) is 5.56 Å². The van der Waals surface area contributed by atoms with Gasteiger partial charge in [-0.05, 0) is 44.7 Å². The van der Waals surface area contributed by atoms with E-state index < -0.39 is 0 Å². The van der Waals surface area contributed by atoms with Gasteiger partial charge in [-0.25, -0.2) is 0 Å². The van der Waals surface area contributed by atoms with Crippen LogP contribution in [-0.4, -0.2) is 34.5 Å². The first-order valence-corrected chi connectivity index (χ1v) is 8.83. The molecule has 1 atom stereocenters. The Kier molecular flexibility index (Phi) is 6.68. The fraction of sp³-hybridized carbons (Fsp3) is 0.450. The summed E-state index contributed by atoms with van der Waals surface area (Å²) in [7, 11) is 0. The third-order valence-electron chi connectivity index (χ3n) is 5.15. The maximum Gasteiger partial charge on any atom is 0.255 e. The SMILES string of the molecule is Cc1cc(C(=O)N2CCCCC2CN)c(C)n1Cc1ccccc1.Cl. The van der Waals surface area contributed by atoms with Crippen LogP contribution in [0.4, 0.5) is 0 Å². The molecule has 0 aliphatic carbocycles. The number of carbonyl (C=O) groups excluding carboxylic acids is 1. The minimum atomic E-state index is 0. The number of rotatable bonds is 4. The summed E-state index contributed by atoms with van der Waals surface area (Å²) in [6.07, 6.45) is 3.26. The van der Waals surface area contributed by atoms with Crippen molar-refractivity contribution in [1.29, 1.82) is 0 Å². The standard InChI is InChI=1S/C20H27N3O.ClH/c1-15-12-19(20(24)22-11-7-6-10-18(22)13-21)16(2)23(15)14-17-8-4-3-5-9-17;/h3-5,8-9,12,18H,6-7,10-11,13-14,21H2,1-2H3;1H. The number of likely N-dealkylation sites (tertiary alicyclic amines) is 1. The van der Waals surface area contributed by atoms with Crippen molar-refractivity contribution in [3.05, 3.63) is 58.9 Å². The Labute approximate surface area is 156 Å². The van der Waals surface area contributed by atoms with Crippen molar-refractivity contribution in [2.75, 3.05) is 13.1 Å². The van der Waals surface area contributed by atoms with Crippen molar-refractivity contribution >= 4 is 18.3 Å². The number of piperidine rings is 1. The lowest BCUT2D eigenvalue weighted by Gasteiger charge is -2.35. The second-order valence-corrected chi connectivity index (χ2v) is 6.74.